The first-order chi connectivity index (χ1) is 18.4. The number of pyridine rings is 2. The smallest absolute Gasteiger partial charge is 0.343 e. The number of carbonyl (C=O) groups excluding carboxylic acids is 2. The van der Waals surface area contributed by atoms with Crippen molar-refractivity contribution in [3.05, 3.63) is 61.7 Å². The number of hydrogen-bond donors (Lipinski definition) is 3. The van der Waals surface area contributed by atoms with E-state index in [1.54, 1.807) is 26.8 Å². The van der Waals surface area contributed by atoms with Gasteiger partial charge in [0.1, 0.15) is 12.4 Å². The summed E-state index contributed by atoms with van der Waals surface area (Å²) in [6.07, 6.45) is -0.166. The molecule has 0 saturated heterocycles. The van der Waals surface area contributed by atoms with E-state index in [1.807, 2.05) is 0 Å². The van der Waals surface area contributed by atoms with Crippen molar-refractivity contribution >= 4 is 22.8 Å². The normalized spacial score (nSPS) is 23.5. The predicted molar refractivity (Wildman–Crippen MR) is 139 cm³/mol. The van der Waals surface area contributed by atoms with Crippen LogP contribution in [0.15, 0.2) is 16.9 Å². The van der Waals surface area contributed by atoms with Crippen molar-refractivity contribution in [2.24, 2.45) is 11.1 Å². The number of hydrogen-bond acceptors (Lipinski definition) is 7. The van der Waals surface area contributed by atoms with Crippen molar-refractivity contribution in [3.8, 4) is 11.4 Å². The Morgan fingerprint density at radius 3 is 2.69 bits per heavy atom. The van der Waals surface area contributed by atoms with E-state index in [2.05, 4.69) is 0 Å². The van der Waals surface area contributed by atoms with Gasteiger partial charge in [0, 0.05) is 28.5 Å². The number of aryl methyl sites for hydroxylation is 1. The summed E-state index contributed by atoms with van der Waals surface area (Å²) in [5.41, 5.74) is 6.37. The van der Waals surface area contributed by atoms with Gasteiger partial charge in [0.25, 0.3) is 5.56 Å². The zero-order valence-electron chi connectivity index (χ0n) is 22.2. The molecule has 4 N–H and O–H groups in total. The Balaban J connectivity index is 1.71. The Morgan fingerprint density at radius 1 is 1.33 bits per heavy atom. The third-order valence-corrected chi connectivity index (χ3v) is 9.50. The zero-order chi connectivity index (χ0) is 28.2. The summed E-state index contributed by atoms with van der Waals surface area (Å²) in [4.78, 5) is 43.9. The number of aromatic nitrogens is 2. The van der Waals surface area contributed by atoms with E-state index in [0.717, 1.165) is 11.1 Å². The van der Waals surface area contributed by atoms with E-state index < -0.39 is 46.3 Å². The van der Waals surface area contributed by atoms with Crippen LogP contribution in [-0.4, -0.2) is 37.7 Å². The van der Waals surface area contributed by atoms with Crippen molar-refractivity contribution in [1.29, 1.82) is 0 Å². The van der Waals surface area contributed by atoms with Gasteiger partial charge in [0.2, 0.25) is 5.91 Å². The Hall–Kier alpha value is -3.63. The second-order valence-electron chi connectivity index (χ2n) is 11.2. The minimum atomic E-state index is -1.98. The number of fused-ring (bicyclic) bond motifs is 5. The number of rotatable bonds is 4. The molecule has 0 bridgehead atoms. The summed E-state index contributed by atoms with van der Waals surface area (Å²) >= 11 is 0. The molecule has 0 fully saturated rings. The average Bonchev–Trinajstić information content (AvgIpc) is 3.27. The van der Waals surface area contributed by atoms with Gasteiger partial charge in [-0.05, 0) is 62.8 Å². The molecule has 2 unspecified atom stereocenters. The number of aliphatic hydroxyl groups excluding tert-OH is 1. The van der Waals surface area contributed by atoms with Crippen LogP contribution >= 0.6 is 0 Å². The molecule has 2 aliphatic heterocycles. The highest BCUT2D eigenvalue weighted by atomic mass is 19.1. The molecule has 204 valence electrons. The number of carbonyl (C=O) groups is 2. The van der Waals surface area contributed by atoms with E-state index in [0.29, 0.717) is 46.3 Å². The fraction of sp³-hybridized carbons (Fsp3) is 0.448. The lowest BCUT2D eigenvalue weighted by atomic mass is 9.63. The molecule has 0 spiro atoms. The molecule has 3 aliphatic rings. The molecule has 4 heterocycles. The van der Waals surface area contributed by atoms with Crippen LogP contribution in [0.4, 0.5) is 4.39 Å². The van der Waals surface area contributed by atoms with Crippen LogP contribution < -0.4 is 11.3 Å². The summed E-state index contributed by atoms with van der Waals surface area (Å²) in [5, 5.41) is 22.7. The number of benzene rings is 1. The minimum Gasteiger partial charge on any atom is -0.458 e. The molecule has 6 rings (SSSR count). The quantitative estimate of drug-likeness (QED) is 0.340. The molecule has 1 amide bonds. The van der Waals surface area contributed by atoms with Gasteiger partial charge < -0.3 is 25.3 Å². The summed E-state index contributed by atoms with van der Waals surface area (Å²) in [6.45, 7) is 6.37. The zero-order valence-corrected chi connectivity index (χ0v) is 22.2. The van der Waals surface area contributed by atoms with Crippen LogP contribution in [0.2, 0.25) is 0 Å². The predicted octanol–water partition coefficient (Wildman–Crippen LogP) is 2.43. The van der Waals surface area contributed by atoms with Crippen LogP contribution in [0, 0.1) is 18.2 Å². The molecule has 2 aromatic heterocycles. The molecular weight excluding hydrogens is 505 g/mol. The largest absolute Gasteiger partial charge is 0.458 e. The van der Waals surface area contributed by atoms with E-state index in [9.17, 15) is 24.6 Å². The molecule has 9 nitrogen and oxygen atoms in total. The molecule has 1 aromatic carbocycles. The van der Waals surface area contributed by atoms with Crippen LogP contribution in [0.3, 0.4) is 0 Å². The topological polar surface area (TPSA) is 145 Å². The number of cyclic esters (lactones) is 1. The Kier molecular flexibility index (Phi) is 5.38. The average molecular weight is 536 g/mol. The van der Waals surface area contributed by atoms with E-state index in [4.69, 9.17) is 15.5 Å². The van der Waals surface area contributed by atoms with Crippen molar-refractivity contribution < 1.29 is 28.9 Å². The van der Waals surface area contributed by atoms with E-state index in [-0.39, 0.29) is 30.7 Å². The van der Waals surface area contributed by atoms with Crippen molar-refractivity contribution in [1.82, 2.24) is 9.55 Å². The summed E-state index contributed by atoms with van der Waals surface area (Å²) in [7, 11) is 0. The lowest BCUT2D eigenvalue weighted by Crippen LogP contribution is -2.48. The summed E-state index contributed by atoms with van der Waals surface area (Å²) in [5.74, 6) is -2.41. The van der Waals surface area contributed by atoms with Crippen molar-refractivity contribution in [3.63, 3.8) is 0 Å². The standard InChI is InChI=1S/C29H30FN3O6/c1-5-29(38)18-8-21-24-15(10-33(21)25(35)16(18)11-39-27(29)37)22-17(28(4,13(3)34)26(31)36)7-6-14-12(2)19(30)9-20(32-24)23(14)22/h8-9,13,17,34,38H,5-7,10-11H2,1-4H3,(H2,31,36)/t13?,17-,28?,29-/m0/s1. The number of esters is 1. The number of halogens is 1. The van der Waals surface area contributed by atoms with Crippen LogP contribution in [0.5, 0.6) is 0 Å². The van der Waals surface area contributed by atoms with E-state index >= 15 is 4.39 Å². The lowest BCUT2D eigenvalue weighted by Gasteiger charge is -2.41. The second kappa shape index (κ2) is 8.19. The van der Waals surface area contributed by atoms with Crippen LogP contribution in [0.1, 0.15) is 72.9 Å². The van der Waals surface area contributed by atoms with Gasteiger partial charge in [-0.25, -0.2) is 14.2 Å². The first-order valence-corrected chi connectivity index (χ1v) is 13.2. The van der Waals surface area contributed by atoms with Crippen LogP contribution in [0.25, 0.3) is 22.3 Å². The van der Waals surface area contributed by atoms with Gasteiger partial charge in [-0.2, -0.15) is 0 Å². The lowest BCUT2D eigenvalue weighted by molar-refractivity contribution is -0.172. The fourth-order valence-electron chi connectivity index (χ4n) is 6.82. The van der Waals surface area contributed by atoms with Gasteiger partial charge in [-0.3, -0.25) is 9.59 Å². The first kappa shape index (κ1) is 25.6. The molecule has 3 aromatic rings. The molecular formula is C29H30FN3O6. The number of aliphatic hydroxyl groups is 2. The highest BCUT2D eigenvalue weighted by Crippen LogP contribution is 2.52. The molecule has 0 saturated carbocycles. The highest BCUT2D eigenvalue weighted by Gasteiger charge is 2.49. The molecule has 1 aliphatic carbocycles. The van der Waals surface area contributed by atoms with Gasteiger partial charge in [-0.15, -0.1) is 0 Å². The Bertz CT molecular complexity index is 1700. The third-order valence-electron chi connectivity index (χ3n) is 9.50. The third kappa shape index (κ3) is 3.12. The number of nitrogens with zero attached hydrogens (tertiary/aromatic N) is 2. The van der Waals surface area contributed by atoms with Gasteiger partial charge in [-0.1, -0.05) is 6.92 Å². The van der Waals surface area contributed by atoms with Crippen molar-refractivity contribution in [2.45, 2.75) is 77.7 Å². The minimum absolute atomic E-state index is 0.00621. The molecule has 4 atom stereocenters. The van der Waals surface area contributed by atoms with Gasteiger partial charge in [0.05, 0.1) is 40.5 Å². The maximum absolute atomic E-state index is 15.1. The molecule has 39 heavy (non-hydrogen) atoms. The maximum atomic E-state index is 15.1. The highest BCUT2D eigenvalue weighted by molar-refractivity contribution is 5.95. The molecule has 0 radical (unpaired) electrons. The van der Waals surface area contributed by atoms with Gasteiger partial charge >= 0.3 is 5.97 Å². The SMILES string of the molecule is CC[C@@]1(O)C(=O)OCc2c1cc1n(c2=O)Cc2c-1nc1cc(F)c(C)c3c1c2[C@@H](C(C)(C(N)=O)C(C)O)CC3. The summed E-state index contributed by atoms with van der Waals surface area (Å²) in [6, 6.07) is 2.95. The summed E-state index contributed by atoms with van der Waals surface area (Å²) < 4.78 is 21.8. The fourth-order valence-corrected chi connectivity index (χ4v) is 6.82. The Labute approximate surface area is 223 Å². The number of nitrogens with two attached hydrogens (primary N) is 1. The monoisotopic (exact) mass is 535 g/mol. The Morgan fingerprint density at radius 2 is 2.05 bits per heavy atom. The maximum Gasteiger partial charge on any atom is 0.343 e. The van der Waals surface area contributed by atoms with Crippen LogP contribution in [-0.2, 0) is 39.5 Å². The second-order valence-corrected chi connectivity index (χ2v) is 11.2. The van der Waals surface area contributed by atoms with E-state index in [1.165, 1.54) is 17.6 Å². The number of ether oxygens (including phenoxy) is 1. The molecule has 10 heteroatoms. The number of amides is 1. The van der Waals surface area contributed by atoms with Crippen molar-refractivity contribution in [2.75, 3.05) is 0 Å². The first-order valence-electron chi connectivity index (χ1n) is 13.2. The van der Waals surface area contributed by atoms with Gasteiger partial charge in [0.15, 0.2) is 5.60 Å². The number of primary amides is 1.